The highest BCUT2D eigenvalue weighted by atomic mass is 19.4. The summed E-state index contributed by atoms with van der Waals surface area (Å²) >= 11 is 0. The van der Waals surface area contributed by atoms with Gasteiger partial charge >= 0.3 is 12.2 Å². The van der Waals surface area contributed by atoms with Gasteiger partial charge in [-0.2, -0.15) is 13.2 Å². The monoisotopic (exact) mass is 305 g/mol. The number of methoxy groups -OCH3 is 1. The van der Waals surface area contributed by atoms with Gasteiger partial charge in [0.05, 0.1) is 13.7 Å². The van der Waals surface area contributed by atoms with Gasteiger partial charge in [0.15, 0.2) is 0 Å². The van der Waals surface area contributed by atoms with E-state index in [0.29, 0.717) is 11.4 Å². The van der Waals surface area contributed by atoms with Crippen LogP contribution in [0.25, 0.3) is 0 Å². The standard InChI is InChI=1S/C12H14F3N3O3/c1-21-9-4-2-8(3-5-9)18-11(20)16-6-10(19)17-7-12(13,14)15/h2-5H,6-7H2,1H3,(H,17,19)(H2,16,18,20). The number of rotatable bonds is 5. The summed E-state index contributed by atoms with van der Waals surface area (Å²) in [5, 5.41) is 6.18. The lowest BCUT2D eigenvalue weighted by Gasteiger charge is -2.10. The molecule has 0 saturated carbocycles. The van der Waals surface area contributed by atoms with Crippen molar-refractivity contribution in [3.05, 3.63) is 24.3 Å². The molecule has 0 unspecified atom stereocenters. The van der Waals surface area contributed by atoms with Gasteiger partial charge in [-0.05, 0) is 24.3 Å². The second-order valence-corrected chi connectivity index (χ2v) is 3.93. The lowest BCUT2D eigenvalue weighted by atomic mass is 10.3. The van der Waals surface area contributed by atoms with Crippen LogP contribution in [0.5, 0.6) is 5.75 Å². The molecule has 3 amide bonds. The Kier molecular flexibility index (Phi) is 5.82. The minimum absolute atomic E-state index is 0.448. The van der Waals surface area contributed by atoms with Crippen molar-refractivity contribution in [3.63, 3.8) is 0 Å². The van der Waals surface area contributed by atoms with Gasteiger partial charge < -0.3 is 20.7 Å². The molecule has 0 aliphatic heterocycles. The van der Waals surface area contributed by atoms with Crippen molar-refractivity contribution < 1.29 is 27.5 Å². The first-order valence-electron chi connectivity index (χ1n) is 5.82. The molecule has 21 heavy (non-hydrogen) atoms. The number of ether oxygens (including phenoxy) is 1. The molecule has 3 N–H and O–H groups in total. The van der Waals surface area contributed by atoms with Crippen molar-refractivity contribution >= 4 is 17.6 Å². The van der Waals surface area contributed by atoms with E-state index in [1.165, 1.54) is 7.11 Å². The molecule has 1 rings (SSSR count). The van der Waals surface area contributed by atoms with Crippen LogP contribution in [0.4, 0.5) is 23.7 Å². The number of halogens is 3. The van der Waals surface area contributed by atoms with Crippen LogP contribution in [0.1, 0.15) is 0 Å². The molecule has 0 saturated heterocycles. The molecule has 0 fully saturated rings. The van der Waals surface area contributed by atoms with Crippen LogP contribution in [-0.4, -0.2) is 38.3 Å². The first-order chi connectivity index (χ1) is 9.80. The van der Waals surface area contributed by atoms with Crippen LogP contribution in [0.15, 0.2) is 24.3 Å². The second-order valence-electron chi connectivity index (χ2n) is 3.93. The molecule has 0 aromatic heterocycles. The van der Waals surface area contributed by atoms with Crippen LogP contribution in [0.3, 0.4) is 0 Å². The third-order valence-electron chi connectivity index (χ3n) is 2.24. The maximum atomic E-state index is 11.8. The zero-order valence-electron chi connectivity index (χ0n) is 11.1. The lowest BCUT2D eigenvalue weighted by Crippen LogP contribution is -2.42. The van der Waals surface area contributed by atoms with Gasteiger partial charge in [0.25, 0.3) is 0 Å². The molecular weight excluding hydrogens is 291 g/mol. The quantitative estimate of drug-likeness (QED) is 0.771. The maximum Gasteiger partial charge on any atom is 0.405 e. The number of urea groups is 1. The van der Waals surface area contributed by atoms with Crippen molar-refractivity contribution in [3.8, 4) is 5.75 Å². The fourth-order valence-electron chi connectivity index (χ4n) is 1.27. The Bertz CT molecular complexity index is 489. The predicted octanol–water partition coefficient (Wildman–Crippen LogP) is 1.50. The van der Waals surface area contributed by atoms with E-state index < -0.39 is 31.2 Å². The van der Waals surface area contributed by atoms with E-state index >= 15 is 0 Å². The molecule has 0 radical (unpaired) electrons. The molecule has 116 valence electrons. The third-order valence-corrected chi connectivity index (χ3v) is 2.24. The summed E-state index contributed by atoms with van der Waals surface area (Å²) in [5.41, 5.74) is 0.448. The van der Waals surface area contributed by atoms with E-state index in [1.807, 2.05) is 0 Å². The van der Waals surface area contributed by atoms with E-state index in [2.05, 4.69) is 10.6 Å². The van der Waals surface area contributed by atoms with E-state index in [9.17, 15) is 22.8 Å². The number of amides is 3. The van der Waals surface area contributed by atoms with Crippen LogP contribution in [0, 0.1) is 0 Å². The van der Waals surface area contributed by atoms with Crippen LogP contribution >= 0.6 is 0 Å². The Hall–Kier alpha value is -2.45. The highest BCUT2D eigenvalue weighted by Crippen LogP contribution is 2.14. The SMILES string of the molecule is COc1ccc(NC(=O)NCC(=O)NCC(F)(F)F)cc1. The Balaban J connectivity index is 2.31. The summed E-state index contributed by atoms with van der Waals surface area (Å²) in [7, 11) is 1.49. The number of benzene rings is 1. The largest absolute Gasteiger partial charge is 0.497 e. The Morgan fingerprint density at radius 3 is 2.29 bits per heavy atom. The first kappa shape index (κ1) is 16.6. The smallest absolute Gasteiger partial charge is 0.405 e. The number of hydrogen-bond donors (Lipinski definition) is 3. The maximum absolute atomic E-state index is 11.8. The van der Waals surface area contributed by atoms with E-state index in [1.54, 1.807) is 29.6 Å². The van der Waals surface area contributed by atoms with Crippen LogP contribution in [-0.2, 0) is 4.79 Å². The number of carbonyl (C=O) groups is 2. The first-order valence-corrected chi connectivity index (χ1v) is 5.82. The van der Waals surface area contributed by atoms with Gasteiger partial charge in [-0.15, -0.1) is 0 Å². The fourth-order valence-corrected chi connectivity index (χ4v) is 1.27. The fraction of sp³-hybridized carbons (Fsp3) is 0.333. The van der Waals surface area contributed by atoms with Crippen molar-refractivity contribution in [1.29, 1.82) is 0 Å². The highest BCUT2D eigenvalue weighted by molar-refractivity contribution is 5.92. The normalized spacial score (nSPS) is 10.7. The predicted molar refractivity (Wildman–Crippen MR) is 69.1 cm³/mol. The molecule has 6 nitrogen and oxygen atoms in total. The second kappa shape index (κ2) is 7.36. The molecule has 9 heteroatoms. The van der Waals surface area contributed by atoms with Crippen molar-refractivity contribution in [2.45, 2.75) is 6.18 Å². The van der Waals surface area contributed by atoms with Gasteiger partial charge in [-0.1, -0.05) is 0 Å². The zero-order valence-corrected chi connectivity index (χ0v) is 11.1. The Morgan fingerprint density at radius 1 is 1.14 bits per heavy atom. The van der Waals surface area contributed by atoms with Crippen molar-refractivity contribution in [2.75, 3.05) is 25.5 Å². The third kappa shape index (κ3) is 7.04. The van der Waals surface area contributed by atoms with E-state index in [-0.39, 0.29) is 0 Å². The Morgan fingerprint density at radius 2 is 1.76 bits per heavy atom. The number of alkyl halides is 3. The molecule has 0 heterocycles. The topological polar surface area (TPSA) is 79.5 Å². The van der Waals surface area contributed by atoms with Gasteiger partial charge in [-0.3, -0.25) is 4.79 Å². The van der Waals surface area contributed by atoms with Crippen molar-refractivity contribution in [2.24, 2.45) is 0 Å². The van der Waals surface area contributed by atoms with E-state index in [0.717, 1.165) is 0 Å². The minimum atomic E-state index is -4.49. The number of anilines is 1. The van der Waals surface area contributed by atoms with Gasteiger partial charge in [0.1, 0.15) is 12.3 Å². The Labute approximate surface area is 118 Å². The minimum Gasteiger partial charge on any atom is -0.497 e. The van der Waals surface area contributed by atoms with Gasteiger partial charge in [0, 0.05) is 5.69 Å². The molecule has 0 spiro atoms. The zero-order chi connectivity index (χ0) is 15.9. The molecule has 0 bridgehead atoms. The summed E-state index contributed by atoms with van der Waals surface area (Å²) in [6, 6.07) is 5.67. The molecular formula is C12H14F3N3O3. The van der Waals surface area contributed by atoms with Crippen molar-refractivity contribution in [1.82, 2.24) is 10.6 Å². The van der Waals surface area contributed by atoms with Crippen LogP contribution in [0.2, 0.25) is 0 Å². The summed E-state index contributed by atoms with van der Waals surface area (Å²) in [6.07, 6.45) is -4.49. The van der Waals surface area contributed by atoms with E-state index in [4.69, 9.17) is 4.74 Å². The summed E-state index contributed by atoms with van der Waals surface area (Å²) in [5.74, 6) is -0.329. The number of carbonyl (C=O) groups excluding carboxylic acids is 2. The molecule has 0 atom stereocenters. The molecule has 1 aromatic rings. The molecule has 0 aliphatic carbocycles. The van der Waals surface area contributed by atoms with Crippen LogP contribution < -0.4 is 20.7 Å². The summed E-state index contributed by atoms with van der Waals surface area (Å²) in [6.45, 7) is -1.99. The molecule has 1 aromatic carbocycles. The lowest BCUT2D eigenvalue weighted by molar-refractivity contribution is -0.137. The number of nitrogens with one attached hydrogen (secondary N) is 3. The summed E-state index contributed by atoms with van der Waals surface area (Å²) in [4.78, 5) is 22.5. The highest BCUT2D eigenvalue weighted by Gasteiger charge is 2.27. The average molecular weight is 305 g/mol. The van der Waals surface area contributed by atoms with Gasteiger partial charge in [-0.25, -0.2) is 4.79 Å². The number of hydrogen-bond acceptors (Lipinski definition) is 3. The average Bonchev–Trinajstić information content (AvgIpc) is 2.43. The summed E-state index contributed by atoms with van der Waals surface area (Å²) < 4.78 is 40.5. The molecule has 0 aliphatic rings. The van der Waals surface area contributed by atoms with Gasteiger partial charge in [0.2, 0.25) is 5.91 Å².